The van der Waals surface area contributed by atoms with E-state index in [1.165, 1.54) is 6.08 Å². The van der Waals surface area contributed by atoms with Crippen LogP contribution < -0.4 is 11.4 Å². The molecule has 80 valence electrons. The topological polar surface area (TPSA) is 87.2 Å². The van der Waals surface area contributed by atoms with E-state index in [0.717, 1.165) is 0 Å². The summed E-state index contributed by atoms with van der Waals surface area (Å²) in [5.74, 6) is -1.53. The van der Waals surface area contributed by atoms with Crippen molar-refractivity contribution in [1.82, 2.24) is 9.55 Å². The quantitative estimate of drug-likeness (QED) is 0.706. The third kappa shape index (κ3) is 2.39. The van der Waals surface area contributed by atoms with Gasteiger partial charge in [0.25, 0.3) is 0 Å². The van der Waals surface area contributed by atoms with Crippen molar-refractivity contribution in [3.05, 3.63) is 35.2 Å². The van der Waals surface area contributed by atoms with Crippen LogP contribution in [0, 0.1) is 5.82 Å². The number of nitrogens with zero attached hydrogens (tertiary/aromatic N) is 2. The number of nitrogens with two attached hydrogens (primary N) is 1. The van der Waals surface area contributed by atoms with Crippen molar-refractivity contribution in [2.45, 2.75) is 0 Å². The van der Waals surface area contributed by atoms with Crippen LogP contribution in [0.15, 0.2) is 23.6 Å². The normalized spacial score (nSPS) is 9.67. The van der Waals surface area contributed by atoms with Gasteiger partial charge in [-0.1, -0.05) is 12.7 Å². The van der Waals surface area contributed by atoms with Crippen LogP contribution in [0.2, 0.25) is 0 Å². The number of hydrogen-bond donors (Lipinski definition) is 1. The van der Waals surface area contributed by atoms with E-state index in [2.05, 4.69) is 16.3 Å². The van der Waals surface area contributed by atoms with E-state index in [-0.39, 0.29) is 6.61 Å². The second kappa shape index (κ2) is 4.36. The average molecular weight is 213 g/mol. The lowest BCUT2D eigenvalue weighted by atomic mass is 10.5. The Labute approximate surface area is 83.8 Å². The molecule has 7 heteroatoms. The Bertz CT molecular complexity index is 455. The Balaban J connectivity index is 3.04. The Morgan fingerprint density at radius 2 is 2.47 bits per heavy atom. The molecule has 0 fully saturated rings. The minimum Gasteiger partial charge on any atom is -0.445 e. The second-order valence-electron chi connectivity index (χ2n) is 2.49. The molecule has 2 N–H and O–H groups in total. The number of ether oxygens (including phenoxy) is 1. The van der Waals surface area contributed by atoms with Crippen molar-refractivity contribution in [2.75, 3.05) is 12.3 Å². The molecule has 0 spiro atoms. The molecule has 6 nitrogen and oxygen atoms in total. The molecule has 0 unspecified atom stereocenters. The van der Waals surface area contributed by atoms with E-state index >= 15 is 0 Å². The summed E-state index contributed by atoms with van der Waals surface area (Å²) in [6, 6.07) is 0. The van der Waals surface area contributed by atoms with Crippen LogP contribution in [0.1, 0.15) is 0 Å². The smallest absolute Gasteiger partial charge is 0.422 e. The zero-order valence-corrected chi connectivity index (χ0v) is 7.64. The van der Waals surface area contributed by atoms with E-state index in [4.69, 9.17) is 5.73 Å². The first kappa shape index (κ1) is 10.9. The number of aromatic nitrogens is 2. The number of carbonyl (C=O) groups is 1. The summed E-state index contributed by atoms with van der Waals surface area (Å²) in [5.41, 5.74) is 4.02. The van der Waals surface area contributed by atoms with Crippen LogP contribution in [0.3, 0.4) is 0 Å². The van der Waals surface area contributed by atoms with Crippen LogP contribution in [-0.2, 0) is 4.74 Å². The van der Waals surface area contributed by atoms with Crippen LogP contribution in [0.25, 0.3) is 0 Å². The van der Waals surface area contributed by atoms with Gasteiger partial charge < -0.3 is 10.5 Å². The van der Waals surface area contributed by atoms with Crippen LogP contribution in [0.4, 0.5) is 15.0 Å². The third-order valence-corrected chi connectivity index (χ3v) is 1.43. The number of halogens is 1. The van der Waals surface area contributed by atoms with Crippen LogP contribution in [0.5, 0.6) is 0 Å². The monoisotopic (exact) mass is 213 g/mol. The molecule has 0 amide bonds. The first-order chi connectivity index (χ1) is 7.06. The van der Waals surface area contributed by atoms with Crippen molar-refractivity contribution in [3.63, 3.8) is 0 Å². The maximum absolute atomic E-state index is 12.9. The van der Waals surface area contributed by atoms with Gasteiger partial charge in [-0.3, -0.25) is 0 Å². The molecule has 1 heterocycles. The van der Waals surface area contributed by atoms with Gasteiger partial charge in [0.15, 0.2) is 11.6 Å². The zero-order chi connectivity index (χ0) is 11.4. The molecule has 1 aromatic rings. The summed E-state index contributed by atoms with van der Waals surface area (Å²) in [7, 11) is 0. The molecule has 0 aliphatic carbocycles. The van der Waals surface area contributed by atoms with Crippen molar-refractivity contribution in [2.24, 2.45) is 0 Å². The van der Waals surface area contributed by atoms with Gasteiger partial charge in [-0.15, -0.1) is 0 Å². The summed E-state index contributed by atoms with van der Waals surface area (Å²) in [4.78, 5) is 25.3. The Kier molecular flexibility index (Phi) is 3.17. The maximum atomic E-state index is 12.9. The lowest BCUT2D eigenvalue weighted by molar-refractivity contribution is 0.158. The summed E-state index contributed by atoms with van der Waals surface area (Å²) >= 11 is 0. The molecular formula is C8H8FN3O3. The SMILES string of the molecule is C=CCOC(=O)n1cc(F)c(N)nc1=O. The molecule has 0 aliphatic rings. The van der Waals surface area contributed by atoms with E-state index < -0.39 is 23.4 Å². The fraction of sp³-hybridized carbons (Fsp3) is 0.125. The molecule has 0 radical (unpaired) electrons. The van der Waals surface area contributed by atoms with Gasteiger partial charge in [-0.05, 0) is 0 Å². The number of rotatable bonds is 2. The van der Waals surface area contributed by atoms with Gasteiger partial charge in [0.05, 0.1) is 6.20 Å². The minimum absolute atomic E-state index is 0.0860. The van der Waals surface area contributed by atoms with Crippen molar-refractivity contribution < 1.29 is 13.9 Å². The van der Waals surface area contributed by atoms with E-state index in [1.54, 1.807) is 0 Å². The molecular weight excluding hydrogens is 205 g/mol. The lowest BCUT2D eigenvalue weighted by Crippen LogP contribution is -2.30. The van der Waals surface area contributed by atoms with Crippen molar-refractivity contribution in [1.29, 1.82) is 0 Å². The number of carbonyl (C=O) groups excluding carboxylic acids is 1. The molecule has 0 bridgehead atoms. The summed E-state index contributed by atoms with van der Waals surface area (Å²) in [6.45, 7) is 3.22. The van der Waals surface area contributed by atoms with Gasteiger partial charge in [0.2, 0.25) is 0 Å². The van der Waals surface area contributed by atoms with Gasteiger partial charge >= 0.3 is 11.8 Å². The highest BCUT2D eigenvalue weighted by molar-refractivity contribution is 5.70. The largest absolute Gasteiger partial charge is 0.445 e. The van der Waals surface area contributed by atoms with Crippen LogP contribution >= 0.6 is 0 Å². The molecule has 0 saturated heterocycles. The first-order valence-electron chi connectivity index (χ1n) is 3.89. The van der Waals surface area contributed by atoms with Gasteiger partial charge in [-0.2, -0.15) is 9.55 Å². The van der Waals surface area contributed by atoms with Crippen molar-refractivity contribution >= 4 is 11.9 Å². The second-order valence-corrected chi connectivity index (χ2v) is 2.49. The summed E-state index contributed by atoms with van der Waals surface area (Å²) in [6.07, 6.45) is 0.895. The molecule has 1 rings (SSSR count). The Hall–Kier alpha value is -2.18. The maximum Gasteiger partial charge on any atom is 0.422 e. The van der Waals surface area contributed by atoms with E-state index in [1.807, 2.05) is 0 Å². The Morgan fingerprint density at radius 3 is 3.07 bits per heavy atom. The minimum atomic E-state index is -1.04. The van der Waals surface area contributed by atoms with E-state index in [0.29, 0.717) is 10.8 Å². The van der Waals surface area contributed by atoms with Crippen LogP contribution in [-0.4, -0.2) is 22.3 Å². The summed E-state index contributed by atoms with van der Waals surface area (Å²) < 4.78 is 17.8. The molecule has 0 aromatic carbocycles. The fourth-order valence-electron chi connectivity index (χ4n) is 0.776. The lowest BCUT2D eigenvalue weighted by Gasteiger charge is -2.04. The molecule has 0 aliphatic heterocycles. The van der Waals surface area contributed by atoms with Gasteiger partial charge in [0, 0.05) is 0 Å². The highest BCUT2D eigenvalue weighted by Crippen LogP contribution is 2.01. The number of anilines is 1. The first-order valence-corrected chi connectivity index (χ1v) is 3.89. The predicted octanol–water partition coefficient (Wildman–Crippen LogP) is 0.135. The Morgan fingerprint density at radius 1 is 1.80 bits per heavy atom. The highest BCUT2D eigenvalue weighted by Gasteiger charge is 2.12. The fourth-order valence-corrected chi connectivity index (χ4v) is 0.776. The highest BCUT2D eigenvalue weighted by atomic mass is 19.1. The van der Waals surface area contributed by atoms with Gasteiger partial charge in [-0.25, -0.2) is 14.0 Å². The molecule has 0 atom stereocenters. The predicted molar refractivity (Wildman–Crippen MR) is 49.8 cm³/mol. The standard InChI is InChI=1S/C8H8FN3O3/c1-2-3-15-8(14)12-4-5(9)6(10)11-7(12)13/h2,4H,1,3H2,(H2,10,11,13). The van der Waals surface area contributed by atoms with Crippen molar-refractivity contribution in [3.8, 4) is 0 Å². The average Bonchev–Trinajstić information content (AvgIpc) is 2.20. The number of nitrogen functional groups attached to an aromatic ring is 1. The molecule has 1 aromatic heterocycles. The number of hydrogen-bond acceptors (Lipinski definition) is 5. The zero-order valence-electron chi connectivity index (χ0n) is 7.64. The summed E-state index contributed by atoms with van der Waals surface area (Å²) in [5, 5.41) is 0. The van der Waals surface area contributed by atoms with Gasteiger partial charge in [0.1, 0.15) is 6.61 Å². The third-order valence-electron chi connectivity index (χ3n) is 1.43. The molecule has 15 heavy (non-hydrogen) atoms. The molecule has 0 saturated carbocycles. The van der Waals surface area contributed by atoms with E-state index in [9.17, 15) is 14.0 Å².